The molecule has 2 aromatic carbocycles. The van der Waals surface area contributed by atoms with Crippen LogP contribution in [0, 0.1) is 0 Å². The summed E-state index contributed by atoms with van der Waals surface area (Å²) >= 11 is 0. The zero-order valence-electron chi connectivity index (χ0n) is 14.5. The molecule has 3 N–H and O–H groups in total. The van der Waals surface area contributed by atoms with E-state index in [4.69, 9.17) is 0 Å². The van der Waals surface area contributed by atoms with Crippen LogP contribution in [0.4, 0.5) is 0 Å². The first-order chi connectivity index (χ1) is 13.1. The second-order valence-electron chi connectivity index (χ2n) is 5.71. The van der Waals surface area contributed by atoms with Gasteiger partial charge < -0.3 is 5.11 Å². The fourth-order valence-corrected chi connectivity index (χ4v) is 4.50. The fraction of sp³-hybridized carbons (Fsp3) is 0.176. The summed E-state index contributed by atoms with van der Waals surface area (Å²) in [6.07, 6.45) is -0.947. The number of hydrogen-bond donors (Lipinski definition) is 3. The van der Waals surface area contributed by atoms with Gasteiger partial charge in [-0.1, -0.05) is 36.4 Å². The lowest BCUT2D eigenvalue weighted by Gasteiger charge is -2.15. The molecule has 11 heteroatoms. The van der Waals surface area contributed by atoms with Crippen molar-refractivity contribution in [2.24, 2.45) is 0 Å². The second-order valence-corrected chi connectivity index (χ2v) is 9.10. The number of benzene rings is 2. The van der Waals surface area contributed by atoms with Crippen LogP contribution in [0.3, 0.4) is 0 Å². The van der Waals surface area contributed by atoms with E-state index >= 15 is 0 Å². The molecule has 2 aromatic rings. The molecular formula is C17H18N2O7S2. The molecule has 0 aromatic heterocycles. The maximum absolute atomic E-state index is 12.2. The topological polar surface area (TPSA) is 147 Å². The molecule has 9 nitrogen and oxygen atoms in total. The van der Waals surface area contributed by atoms with Crippen LogP contribution in [0.1, 0.15) is 12.8 Å². The van der Waals surface area contributed by atoms with Crippen molar-refractivity contribution < 1.29 is 31.5 Å². The molecule has 28 heavy (non-hydrogen) atoms. The van der Waals surface area contributed by atoms with Gasteiger partial charge in [-0.05, 0) is 30.7 Å². The smallest absolute Gasteiger partial charge is 0.321 e. The lowest BCUT2D eigenvalue weighted by molar-refractivity contribution is -0.139. The van der Waals surface area contributed by atoms with Crippen LogP contribution in [0.25, 0.3) is 0 Å². The Morgan fingerprint density at radius 1 is 0.821 bits per heavy atom. The Bertz CT molecular complexity index is 1040. The molecule has 1 amide bonds. The van der Waals surface area contributed by atoms with E-state index in [9.17, 15) is 31.5 Å². The summed E-state index contributed by atoms with van der Waals surface area (Å²) in [5.41, 5.74) is 0. The maximum Gasteiger partial charge on any atom is 0.321 e. The first kappa shape index (κ1) is 21.5. The van der Waals surface area contributed by atoms with E-state index in [1.807, 2.05) is 9.44 Å². The Kier molecular flexibility index (Phi) is 6.89. The van der Waals surface area contributed by atoms with E-state index in [2.05, 4.69) is 0 Å². The number of carbonyl (C=O) groups excluding carboxylic acids is 1. The van der Waals surface area contributed by atoms with Crippen molar-refractivity contribution in [1.82, 2.24) is 9.44 Å². The molecule has 1 atom stereocenters. The lowest BCUT2D eigenvalue weighted by atomic mass is 10.2. The van der Waals surface area contributed by atoms with E-state index in [0.717, 1.165) is 0 Å². The van der Waals surface area contributed by atoms with Crippen LogP contribution in [0.2, 0.25) is 0 Å². The summed E-state index contributed by atoms with van der Waals surface area (Å²) in [4.78, 5) is 23.0. The van der Waals surface area contributed by atoms with Crippen LogP contribution in [0.15, 0.2) is 70.5 Å². The van der Waals surface area contributed by atoms with Gasteiger partial charge in [-0.15, -0.1) is 0 Å². The molecule has 0 radical (unpaired) electrons. The molecule has 0 bridgehead atoms. The first-order valence-electron chi connectivity index (χ1n) is 8.03. The number of carbonyl (C=O) groups is 2. The number of carboxylic acid groups (broad SMARTS) is 1. The Hall–Kier alpha value is -2.76. The summed E-state index contributed by atoms with van der Waals surface area (Å²) in [5, 5.41) is 9.23. The molecule has 0 spiro atoms. The highest BCUT2D eigenvalue weighted by Gasteiger charge is 2.26. The third-order valence-electron chi connectivity index (χ3n) is 3.61. The highest BCUT2D eigenvalue weighted by atomic mass is 32.2. The second kappa shape index (κ2) is 8.95. The van der Waals surface area contributed by atoms with Gasteiger partial charge in [0, 0.05) is 6.42 Å². The molecule has 0 saturated carbocycles. The van der Waals surface area contributed by atoms with Gasteiger partial charge in [0.1, 0.15) is 6.04 Å². The standard InChI is InChI=1S/C17H18N2O7S2/c20-16(19-28(25,26)14-9-5-2-6-10-14)12-11-15(17(21)22)18-27(23,24)13-7-3-1-4-8-13/h1-10,15,18H,11-12H2,(H,19,20)(H,21,22). The van der Waals surface area contributed by atoms with E-state index in [1.54, 1.807) is 12.1 Å². The number of nitrogens with one attached hydrogen (secondary N) is 2. The Labute approximate surface area is 162 Å². The highest BCUT2D eigenvalue weighted by Crippen LogP contribution is 2.11. The summed E-state index contributed by atoms with van der Waals surface area (Å²) in [7, 11) is -8.20. The van der Waals surface area contributed by atoms with E-state index in [-0.39, 0.29) is 9.79 Å². The average Bonchev–Trinajstić information content (AvgIpc) is 2.66. The van der Waals surface area contributed by atoms with E-state index < -0.39 is 50.8 Å². The predicted molar refractivity (Wildman–Crippen MR) is 99.2 cm³/mol. The highest BCUT2D eigenvalue weighted by molar-refractivity contribution is 7.90. The van der Waals surface area contributed by atoms with Gasteiger partial charge in [0.05, 0.1) is 9.79 Å². The molecule has 0 heterocycles. The van der Waals surface area contributed by atoms with Crippen LogP contribution in [-0.4, -0.2) is 39.9 Å². The molecule has 2 rings (SSSR count). The van der Waals surface area contributed by atoms with Crippen LogP contribution < -0.4 is 9.44 Å². The van der Waals surface area contributed by atoms with E-state index in [1.165, 1.54) is 48.5 Å². The molecule has 0 aliphatic carbocycles. The predicted octanol–water partition coefficient (Wildman–Crippen LogP) is 0.703. The molecule has 0 aliphatic rings. The Balaban J connectivity index is 2.02. The quantitative estimate of drug-likeness (QED) is 0.535. The molecule has 0 saturated heterocycles. The average molecular weight is 426 g/mol. The largest absolute Gasteiger partial charge is 0.480 e. The number of rotatable bonds is 9. The third-order valence-corrected chi connectivity index (χ3v) is 6.49. The zero-order chi connectivity index (χ0) is 20.8. The van der Waals surface area contributed by atoms with Gasteiger partial charge in [0.15, 0.2) is 0 Å². The van der Waals surface area contributed by atoms with Crippen molar-refractivity contribution in [2.45, 2.75) is 28.7 Å². The Morgan fingerprint density at radius 2 is 1.29 bits per heavy atom. The monoisotopic (exact) mass is 426 g/mol. The van der Waals surface area contributed by atoms with Crippen molar-refractivity contribution in [3.05, 3.63) is 60.7 Å². The van der Waals surface area contributed by atoms with Crippen molar-refractivity contribution >= 4 is 31.9 Å². The zero-order valence-corrected chi connectivity index (χ0v) is 16.1. The summed E-state index contributed by atoms with van der Waals surface area (Å²) in [6.45, 7) is 0. The fourth-order valence-electron chi connectivity index (χ4n) is 2.22. The number of amides is 1. The van der Waals surface area contributed by atoms with Gasteiger partial charge in [0.2, 0.25) is 15.9 Å². The number of aliphatic carboxylic acids is 1. The van der Waals surface area contributed by atoms with Crippen molar-refractivity contribution in [1.29, 1.82) is 0 Å². The van der Waals surface area contributed by atoms with Crippen LogP contribution >= 0.6 is 0 Å². The van der Waals surface area contributed by atoms with E-state index in [0.29, 0.717) is 0 Å². The number of sulfonamides is 2. The van der Waals surface area contributed by atoms with Crippen molar-refractivity contribution in [3.63, 3.8) is 0 Å². The maximum atomic E-state index is 12.2. The minimum atomic E-state index is -4.11. The Morgan fingerprint density at radius 3 is 1.75 bits per heavy atom. The summed E-state index contributed by atoms with van der Waals surface area (Å²) < 4.78 is 52.4. The molecule has 0 fully saturated rings. The normalized spacial score (nSPS) is 12.9. The van der Waals surface area contributed by atoms with Gasteiger partial charge in [0.25, 0.3) is 10.0 Å². The minimum Gasteiger partial charge on any atom is -0.480 e. The molecular weight excluding hydrogens is 408 g/mol. The van der Waals surface area contributed by atoms with Gasteiger partial charge >= 0.3 is 5.97 Å². The van der Waals surface area contributed by atoms with Crippen molar-refractivity contribution in [3.8, 4) is 0 Å². The third kappa shape index (κ3) is 5.87. The summed E-state index contributed by atoms with van der Waals surface area (Å²) in [5.74, 6) is -2.44. The lowest BCUT2D eigenvalue weighted by Crippen LogP contribution is -2.41. The summed E-state index contributed by atoms with van der Waals surface area (Å²) in [6, 6.07) is 12.7. The minimum absolute atomic E-state index is 0.122. The van der Waals surface area contributed by atoms with Crippen LogP contribution in [0.5, 0.6) is 0 Å². The van der Waals surface area contributed by atoms with Gasteiger partial charge in [-0.2, -0.15) is 4.72 Å². The number of hydrogen-bond acceptors (Lipinski definition) is 6. The molecule has 0 aliphatic heterocycles. The molecule has 1 unspecified atom stereocenters. The van der Waals surface area contributed by atoms with Crippen LogP contribution in [-0.2, 0) is 29.6 Å². The van der Waals surface area contributed by atoms with Crippen molar-refractivity contribution in [2.75, 3.05) is 0 Å². The van der Waals surface area contributed by atoms with Gasteiger partial charge in [-0.25, -0.2) is 21.6 Å². The molecule has 150 valence electrons. The SMILES string of the molecule is O=C(CCC(NS(=O)(=O)c1ccccc1)C(=O)O)NS(=O)(=O)c1ccccc1. The van der Waals surface area contributed by atoms with Gasteiger partial charge in [-0.3, -0.25) is 9.59 Å². The first-order valence-corrected chi connectivity index (χ1v) is 11.0. The number of carboxylic acids is 1.